The molecule has 2 N–H and O–H groups in total. The lowest BCUT2D eigenvalue weighted by Gasteiger charge is -2.08. The van der Waals surface area contributed by atoms with Gasteiger partial charge in [0.15, 0.2) is 0 Å². The SMILES string of the molecule is CN(C)CCCCCCCCN. The number of nitrogens with zero attached hydrogens (tertiary/aromatic N) is 1. The molecule has 0 unspecified atom stereocenters. The van der Waals surface area contributed by atoms with E-state index in [9.17, 15) is 0 Å². The van der Waals surface area contributed by atoms with Crippen molar-refractivity contribution in [3.63, 3.8) is 0 Å². The molecule has 2 nitrogen and oxygen atoms in total. The summed E-state index contributed by atoms with van der Waals surface area (Å²) < 4.78 is 0. The Labute approximate surface area is 77.1 Å². The molecule has 0 aliphatic rings. The minimum Gasteiger partial charge on any atom is -0.330 e. The first-order chi connectivity index (χ1) is 5.77. The van der Waals surface area contributed by atoms with E-state index in [0.717, 1.165) is 6.54 Å². The van der Waals surface area contributed by atoms with Crippen molar-refractivity contribution in [2.45, 2.75) is 38.5 Å². The molecule has 74 valence electrons. The van der Waals surface area contributed by atoms with Crippen LogP contribution in [0, 0.1) is 0 Å². The molecule has 0 aliphatic heterocycles. The zero-order chi connectivity index (χ0) is 9.23. The van der Waals surface area contributed by atoms with Crippen molar-refractivity contribution in [1.82, 2.24) is 4.90 Å². The molecule has 0 spiro atoms. The molecule has 0 saturated heterocycles. The Hall–Kier alpha value is -0.0800. The maximum absolute atomic E-state index is 5.40. The average molecular weight is 172 g/mol. The van der Waals surface area contributed by atoms with Gasteiger partial charge in [-0.1, -0.05) is 25.7 Å². The van der Waals surface area contributed by atoms with Crippen molar-refractivity contribution >= 4 is 0 Å². The Kier molecular flexibility index (Phi) is 8.95. The van der Waals surface area contributed by atoms with Crippen LogP contribution in [0.1, 0.15) is 38.5 Å². The molecule has 0 radical (unpaired) electrons. The maximum Gasteiger partial charge on any atom is -0.00248 e. The molecule has 0 aromatic carbocycles. The van der Waals surface area contributed by atoms with Gasteiger partial charge in [0, 0.05) is 0 Å². The van der Waals surface area contributed by atoms with Crippen molar-refractivity contribution in [3.8, 4) is 0 Å². The number of hydrogen-bond acceptors (Lipinski definition) is 2. The molecule has 0 rings (SSSR count). The quantitative estimate of drug-likeness (QED) is 0.566. The predicted octanol–water partition coefficient (Wildman–Crippen LogP) is 1.85. The lowest BCUT2D eigenvalue weighted by atomic mass is 10.1. The largest absolute Gasteiger partial charge is 0.330 e. The lowest BCUT2D eigenvalue weighted by Crippen LogP contribution is -2.12. The number of hydrogen-bond donors (Lipinski definition) is 1. The summed E-state index contributed by atoms with van der Waals surface area (Å²) in [7, 11) is 4.27. The highest BCUT2D eigenvalue weighted by Crippen LogP contribution is 2.04. The Morgan fingerprint density at radius 3 is 1.83 bits per heavy atom. The second-order valence-electron chi connectivity index (χ2n) is 3.71. The van der Waals surface area contributed by atoms with Gasteiger partial charge in [-0.15, -0.1) is 0 Å². The van der Waals surface area contributed by atoms with Crippen LogP contribution in [-0.2, 0) is 0 Å². The summed E-state index contributed by atoms with van der Waals surface area (Å²) in [4.78, 5) is 2.25. The van der Waals surface area contributed by atoms with E-state index in [-0.39, 0.29) is 0 Å². The monoisotopic (exact) mass is 172 g/mol. The van der Waals surface area contributed by atoms with Crippen molar-refractivity contribution < 1.29 is 0 Å². The highest BCUT2D eigenvalue weighted by molar-refractivity contribution is 4.48. The van der Waals surface area contributed by atoms with Gasteiger partial charge >= 0.3 is 0 Å². The van der Waals surface area contributed by atoms with Crippen LogP contribution in [-0.4, -0.2) is 32.1 Å². The normalized spacial score (nSPS) is 11.0. The Balaban J connectivity index is 2.82. The van der Waals surface area contributed by atoms with Crippen molar-refractivity contribution in [2.24, 2.45) is 5.73 Å². The molecule has 0 bridgehead atoms. The van der Waals surface area contributed by atoms with Gasteiger partial charge in [0.1, 0.15) is 0 Å². The van der Waals surface area contributed by atoms with Crippen LogP contribution >= 0.6 is 0 Å². The molecule has 0 amide bonds. The van der Waals surface area contributed by atoms with E-state index in [1.807, 2.05) is 0 Å². The van der Waals surface area contributed by atoms with Gasteiger partial charge < -0.3 is 10.6 Å². The minimum absolute atomic E-state index is 0.859. The van der Waals surface area contributed by atoms with Crippen LogP contribution in [0.4, 0.5) is 0 Å². The molecule has 0 aromatic rings. The number of nitrogens with two attached hydrogens (primary N) is 1. The van der Waals surface area contributed by atoms with Gasteiger partial charge in [-0.05, 0) is 40.0 Å². The standard InChI is InChI=1S/C10H24N2/c1-12(2)10-8-6-4-3-5-7-9-11/h3-11H2,1-2H3. The zero-order valence-electron chi connectivity index (χ0n) is 8.68. The lowest BCUT2D eigenvalue weighted by molar-refractivity contribution is 0.389. The van der Waals surface area contributed by atoms with Crippen LogP contribution in [0.25, 0.3) is 0 Å². The second kappa shape index (κ2) is 9.01. The summed E-state index contributed by atoms with van der Waals surface area (Å²) in [6.45, 7) is 2.09. The molecule has 0 atom stereocenters. The van der Waals surface area contributed by atoms with E-state index in [1.54, 1.807) is 0 Å². The topological polar surface area (TPSA) is 29.3 Å². The fraction of sp³-hybridized carbons (Fsp3) is 1.00. The van der Waals surface area contributed by atoms with E-state index in [1.165, 1.54) is 45.1 Å². The number of unbranched alkanes of at least 4 members (excludes halogenated alkanes) is 5. The van der Waals surface area contributed by atoms with Crippen molar-refractivity contribution in [1.29, 1.82) is 0 Å². The minimum atomic E-state index is 0.859. The smallest absolute Gasteiger partial charge is 0.00248 e. The first-order valence-corrected chi connectivity index (χ1v) is 5.12. The summed E-state index contributed by atoms with van der Waals surface area (Å²) in [5.74, 6) is 0. The van der Waals surface area contributed by atoms with Gasteiger partial charge in [0.05, 0.1) is 0 Å². The van der Waals surface area contributed by atoms with E-state index < -0.39 is 0 Å². The summed E-state index contributed by atoms with van der Waals surface area (Å²) in [6.07, 6.45) is 7.99. The summed E-state index contributed by atoms with van der Waals surface area (Å²) in [5.41, 5.74) is 5.40. The second-order valence-corrected chi connectivity index (χ2v) is 3.71. The summed E-state index contributed by atoms with van der Waals surface area (Å²) in [6, 6.07) is 0. The molecule has 0 aliphatic carbocycles. The molecular formula is C10H24N2. The Bertz CT molecular complexity index is 81.9. The number of rotatable bonds is 8. The summed E-state index contributed by atoms with van der Waals surface area (Å²) in [5, 5.41) is 0. The third-order valence-electron chi connectivity index (χ3n) is 2.06. The van der Waals surface area contributed by atoms with Gasteiger partial charge in [0.2, 0.25) is 0 Å². The van der Waals surface area contributed by atoms with Gasteiger partial charge in [-0.3, -0.25) is 0 Å². The van der Waals surface area contributed by atoms with E-state index in [4.69, 9.17) is 5.73 Å². The Morgan fingerprint density at radius 2 is 1.33 bits per heavy atom. The zero-order valence-corrected chi connectivity index (χ0v) is 8.68. The first kappa shape index (κ1) is 11.9. The van der Waals surface area contributed by atoms with E-state index in [0.29, 0.717) is 0 Å². The van der Waals surface area contributed by atoms with Crippen molar-refractivity contribution in [3.05, 3.63) is 0 Å². The molecule has 0 fully saturated rings. The van der Waals surface area contributed by atoms with E-state index in [2.05, 4.69) is 19.0 Å². The molecule has 0 aromatic heterocycles. The van der Waals surface area contributed by atoms with Crippen LogP contribution in [0.2, 0.25) is 0 Å². The van der Waals surface area contributed by atoms with Crippen LogP contribution in [0.15, 0.2) is 0 Å². The van der Waals surface area contributed by atoms with E-state index >= 15 is 0 Å². The highest BCUT2D eigenvalue weighted by atomic mass is 15.0. The third-order valence-corrected chi connectivity index (χ3v) is 2.06. The molecule has 0 saturated carbocycles. The van der Waals surface area contributed by atoms with Gasteiger partial charge in [0.25, 0.3) is 0 Å². The fourth-order valence-electron chi connectivity index (χ4n) is 1.28. The van der Waals surface area contributed by atoms with Crippen LogP contribution < -0.4 is 5.73 Å². The van der Waals surface area contributed by atoms with Gasteiger partial charge in [-0.2, -0.15) is 0 Å². The van der Waals surface area contributed by atoms with Crippen LogP contribution in [0.5, 0.6) is 0 Å². The third kappa shape index (κ3) is 9.92. The van der Waals surface area contributed by atoms with Gasteiger partial charge in [-0.25, -0.2) is 0 Å². The van der Waals surface area contributed by atoms with Crippen molar-refractivity contribution in [2.75, 3.05) is 27.2 Å². The van der Waals surface area contributed by atoms with Crippen LogP contribution in [0.3, 0.4) is 0 Å². The molecule has 2 heteroatoms. The predicted molar refractivity (Wildman–Crippen MR) is 55.3 cm³/mol. The molecule has 0 heterocycles. The maximum atomic E-state index is 5.40. The average Bonchev–Trinajstić information content (AvgIpc) is 2.02. The fourth-order valence-corrected chi connectivity index (χ4v) is 1.28. The summed E-state index contributed by atoms with van der Waals surface area (Å²) >= 11 is 0. The molecular weight excluding hydrogens is 148 g/mol. The Morgan fingerprint density at radius 1 is 0.833 bits per heavy atom. The molecule has 12 heavy (non-hydrogen) atoms. The highest BCUT2D eigenvalue weighted by Gasteiger charge is 1.91. The first-order valence-electron chi connectivity index (χ1n) is 5.12.